The van der Waals surface area contributed by atoms with E-state index in [4.69, 9.17) is 10.5 Å². The third kappa shape index (κ3) is 2.30. The molecule has 2 rings (SSSR count). The van der Waals surface area contributed by atoms with Crippen LogP contribution in [0.2, 0.25) is 0 Å². The summed E-state index contributed by atoms with van der Waals surface area (Å²) in [5, 5.41) is 1.83. The fraction of sp³-hybridized carbons (Fsp3) is 0.167. The standard InChI is InChI=1S/C12H11N3O5/c1-20-6-2-3-7-8(4-6)15(11(18)10(7)17)5-9(16)14-12(13)19/h2-4H,5H2,1H3,(H3,13,14,16,19). The van der Waals surface area contributed by atoms with Gasteiger partial charge in [0.05, 0.1) is 18.4 Å². The van der Waals surface area contributed by atoms with Crippen molar-refractivity contribution in [2.75, 3.05) is 18.6 Å². The second-order valence-corrected chi connectivity index (χ2v) is 4.02. The SMILES string of the molecule is COc1ccc2c(c1)N(CC(=O)NC(N)=O)C(=O)C2=O. The van der Waals surface area contributed by atoms with E-state index in [1.807, 2.05) is 5.32 Å². The number of ketones is 1. The molecule has 1 aliphatic rings. The zero-order valence-electron chi connectivity index (χ0n) is 10.5. The molecule has 1 aliphatic heterocycles. The van der Waals surface area contributed by atoms with Crippen LogP contribution in [-0.4, -0.2) is 37.3 Å². The number of hydrogen-bond donors (Lipinski definition) is 2. The Morgan fingerprint density at radius 1 is 1.35 bits per heavy atom. The average Bonchev–Trinajstić information content (AvgIpc) is 2.62. The van der Waals surface area contributed by atoms with Gasteiger partial charge in [0.25, 0.3) is 11.7 Å². The molecule has 1 aromatic carbocycles. The van der Waals surface area contributed by atoms with Crippen molar-refractivity contribution in [2.24, 2.45) is 5.73 Å². The third-order valence-electron chi connectivity index (χ3n) is 2.74. The molecular weight excluding hydrogens is 266 g/mol. The number of rotatable bonds is 3. The number of nitrogens with one attached hydrogen (secondary N) is 1. The summed E-state index contributed by atoms with van der Waals surface area (Å²) in [6, 6.07) is 3.42. The summed E-state index contributed by atoms with van der Waals surface area (Å²) < 4.78 is 5.00. The first-order valence-electron chi connectivity index (χ1n) is 5.57. The Balaban J connectivity index is 2.31. The predicted octanol–water partition coefficient (Wildman–Crippen LogP) is -0.581. The number of ether oxygens (including phenoxy) is 1. The van der Waals surface area contributed by atoms with Gasteiger partial charge in [-0.25, -0.2) is 4.79 Å². The average molecular weight is 277 g/mol. The lowest BCUT2D eigenvalue weighted by Gasteiger charge is -2.15. The quantitative estimate of drug-likeness (QED) is 0.716. The van der Waals surface area contributed by atoms with Crippen molar-refractivity contribution < 1.29 is 23.9 Å². The second kappa shape index (κ2) is 5.00. The molecule has 0 saturated heterocycles. The highest BCUT2D eigenvalue weighted by molar-refractivity contribution is 6.52. The molecule has 0 fully saturated rings. The Morgan fingerprint density at radius 3 is 2.65 bits per heavy atom. The van der Waals surface area contributed by atoms with Crippen LogP contribution in [0.1, 0.15) is 10.4 Å². The third-order valence-corrected chi connectivity index (χ3v) is 2.74. The van der Waals surface area contributed by atoms with Gasteiger partial charge in [0.15, 0.2) is 0 Å². The van der Waals surface area contributed by atoms with E-state index in [0.29, 0.717) is 5.75 Å². The maximum Gasteiger partial charge on any atom is 0.318 e. The number of urea groups is 1. The zero-order chi connectivity index (χ0) is 14.9. The highest BCUT2D eigenvalue weighted by Crippen LogP contribution is 2.32. The highest BCUT2D eigenvalue weighted by atomic mass is 16.5. The second-order valence-electron chi connectivity index (χ2n) is 4.02. The minimum absolute atomic E-state index is 0.183. The van der Waals surface area contributed by atoms with Crippen LogP contribution in [0.25, 0.3) is 0 Å². The molecule has 0 unspecified atom stereocenters. The van der Waals surface area contributed by atoms with Gasteiger partial charge in [-0.2, -0.15) is 0 Å². The van der Waals surface area contributed by atoms with E-state index in [1.165, 1.54) is 25.3 Å². The largest absolute Gasteiger partial charge is 0.497 e. The van der Waals surface area contributed by atoms with E-state index < -0.39 is 30.2 Å². The van der Waals surface area contributed by atoms with Crippen molar-refractivity contribution in [1.29, 1.82) is 0 Å². The van der Waals surface area contributed by atoms with Gasteiger partial charge in [-0.15, -0.1) is 0 Å². The van der Waals surface area contributed by atoms with E-state index in [1.54, 1.807) is 0 Å². The minimum Gasteiger partial charge on any atom is -0.497 e. The molecule has 0 radical (unpaired) electrons. The molecule has 1 heterocycles. The first-order valence-corrected chi connectivity index (χ1v) is 5.57. The fourth-order valence-electron chi connectivity index (χ4n) is 1.88. The monoisotopic (exact) mass is 277 g/mol. The van der Waals surface area contributed by atoms with Crippen LogP contribution in [0.4, 0.5) is 10.5 Å². The number of benzene rings is 1. The van der Waals surface area contributed by atoms with Crippen LogP contribution in [0.3, 0.4) is 0 Å². The molecule has 0 saturated carbocycles. The van der Waals surface area contributed by atoms with E-state index in [2.05, 4.69) is 0 Å². The van der Waals surface area contributed by atoms with Crippen molar-refractivity contribution in [3.05, 3.63) is 23.8 Å². The molecule has 0 aliphatic carbocycles. The van der Waals surface area contributed by atoms with Gasteiger partial charge in [-0.1, -0.05) is 0 Å². The van der Waals surface area contributed by atoms with Gasteiger partial charge in [0.2, 0.25) is 5.91 Å². The van der Waals surface area contributed by atoms with Gasteiger partial charge >= 0.3 is 6.03 Å². The van der Waals surface area contributed by atoms with E-state index in [-0.39, 0.29) is 11.3 Å². The van der Waals surface area contributed by atoms with Crippen LogP contribution >= 0.6 is 0 Å². The van der Waals surface area contributed by atoms with Gasteiger partial charge in [0.1, 0.15) is 12.3 Å². The number of methoxy groups -OCH3 is 1. The number of primary amides is 1. The van der Waals surface area contributed by atoms with Crippen LogP contribution in [0.15, 0.2) is 18.2 Å². The Kier molecular flexibility index (Phi) is 3.38. The molecule has 0 aromatic heterocycles. The number of hydrogen-bond acceptors (Lipinski definition) is 5. The minimum atomic E-state index is -1.03. The van der Waals surface area contributed by atoms with Gasteiger partial charge in [-0.05, 0) is 12.1 Å². The molecule has 3 N–H and O–H groups in total. The van der Waals surface area contributed by atoms with Crippen LogP contribution in [-0.2, 0) is 9.59 Å². The predicted molar refractivity (Wildman–Crippen MR) is 67.4 cm³/mol. The lowest BCUT2D eigenvalue weighted by molar-refractivity contribution is -0.121. The maximum atomic E-state index is 11.8. The van der Waals surface area contributed by atoms with Crippen molar-refractivity contribution in [2.45, 2.75) is 0 Å². The number of carbonyl (C=O) groups excluding carboxylic acids is 4. The molecule has 0 spiro atoms. The molecule has 104 valence electrons. The molecule has 1 aromatic rings. The Morgan fingerprint density at radius 2 is 2.05 bits per heavy atom. The zero-order valence-corrected chi connectivity index (χ0v) is 10.5. The van der Waals surface area contributed by atoms with Crippen molar-refractivity contribution in [3.8, 4) is 5.75 Å². The number of imide groups is 1. The summed E-state index contributed by atoms with van der Waals surface area (Å²) in [5.41, 5.74) is 5.25. The fourth-order valence-corrected chi connectivity index (χ4v) is 1.88. The van der Waals surface area contributed by atoms with Gasteiger partial charge in [-0.3, -0.25) is 24.6 Å². The topological polar surface area (TPSA) is 119 Å². The molecular formula is C12H11N3O5. The van der Waals surface area contributed by atoms with E-state index in [0.717, 1.165) is 4.90 Å². The number of Topliss-reactive ketones (excluding diaryl/α,β-unsaturated/α-hetero) is 1. The maximum absolute atomic E-state index is 11.8. The Labute approximate surface area is 113 Å². The van der Waals surface area contributed by atoms with Crippen LogP contribution in [0, 0.1) is 0 Å². The molecule has 0 atom stereocenters. The molecule has 8 heteroatoms. The summed E-state index contributed by atoms with van der Waals surface area (Å²) in [5.74, 6) is -1.90. The number of amides is 4. The first-order chi connectivity index (χ1) is 9.43. The van der Waals surface area contributed by atoms with Crippen molar-refractivity contribution in [1.82, 2.24) is 5.32 Å². The van der Waals surface area contributed by atoms with Crippen molar-refractivity contribution >= 4 is 29.3 Å². The van der Waals surface area contributed by atoms with E-state index >= 15 is 0 Å². The van der Waals surface area contributed by atoms with E-state index in [9.17, 15) is 19.2 Å². The summed E-state index contributed by atoms with van der Waals surface area (Å²) in [7, 11) is 1.43. The summed E-state index contributed by atoms with van der Waals surface area (Å²) in [4.78, 5) is 46.6. The summed E-state index contributed by atoms with van der Waals surface area (Å²) in [6.45, 7) is -0.478. The smallest absolute Gasteiger partial charge is 0.318 e. The summed E-state index contributed by atoms with van der Waals surface area (Å²) in [6.07, 6.45) is 0. The number of nitrogens with two attached hydrogens (primary N) is 1. The van der Waals surface area contributed by atoms with Crippen LogP contribution < -0.4 is 20.7 Å². The molecule has 20 heavy (non-hydrogen) atoms. The van der Waals surface area contributed by atoms with Crippen molar-refractivity contribution in [3.63, 3.8) is 0 Å². The normalized spacial score (nSPS) is 13.2. The highest BCUT2D eigenvalue weighted by Gasteiger charge is 2.37. The summed E-state index contributed by atoms with van der Waals surface area (Å²) >= 11 is 0. The number of anilines is 1. The van der Waals surface area contributed by atoms with Gasteiger partial charge in [0, 0.05) is 6.07 Å². The molecule has 8 nitrogen and oxygen atoms in total. The van der Waals surface area contributed by atoms with Crippen LogP contribution in [0.5, 0.6) is 5.75 Å². The van der Waals surface area contributed by atoms with Gasteiger partial charge < -0.3 is 10.5 Å². The Bertz CT molecular complexity index is 626. The molecule has 4 amide bonds. The lowest BCUT2D eigenvalue weighted by atomic mass is 10.1. The lowest BCUT2D eigenvalue weighted by Crippen LogP contribution is -2.44. The number of carbonyl (C=O) groups is 4. The number of fused-ring (bicyclic) bond motifs is 1. The first kappa shape index (κ1) is 13.5. The number of nitrogens with zero attached hydrogens (tertiary/aromatic N) is 1. The Hall–Kier alpha value is -2.90. The molecule has 0 bridgehead atoms.